The third-order valence-electron chi connectivity index (χ3n) is 4.68. The topological polar surface area (TPSA) is 49.8 Å². The maximum absolute atomic E-state index is 11.2. The van der Waals surface area contributed by atoms with Crippen LogP contribution in [0.5, 0.6) is 5.75 Å². The molecule has 1 saturated heterocycles. The van der Waals surface area contributed by atoms with Crippen LogP contribution in [0, 0.1) is 5.41 Å². The van der Waals surface area contributed by atoms with Crippen LogP contribution in [0.3, 0.4) is 0 Å². The zero-order chi connectivity index (χ0) is 17.1. The Bertz CT molecular complexity index is 533. The summed E-state index contributed by atoms with van der Waals surface area (Å²) in [6, 6.07) is 8.29. The molecule has 0 spiro atoms. The number of carboxylic acid groups (broad SMARTS) is 1. The highest BCUT2D eigenvalue weighted by Crippen LogP contribution is 2.30. The highest BCUT2D eigenvalue weighted by atomic mass is 16.5. The van der Waals surface area contributed by atoms with Crippen LogP contribution < -0.4 is 4.74 Å². The number of likely N-dealkylation sites (tertiary alicyclic amines) is 1. The molecule has 1 aliphatic heterocycles. The van der Waals surface area contributed by atoms with E-state index in [0.29, 0.717) is 13.2 Å². The largest absolute Gasteiger partial charge is 0.494 e. The molecule has 4 nitrogen and oxygen atoms in total. The summed E-state index contributed by atoms with van der Waals surface area (Å²) in [4.78, 5) is 13.5. The summed E-state index contributed by atoms with van der Waals surface area (Å²) >= 11 is 0. The van der Waals surface area contributed by atoms with Crippen LogP contribution in [-0.4, -0.2) is 42.2 Å². The van der Waals surface area contributed by atoms with Crippen molar-refractivity contribution in [2.75, 3.05) is 26.2 Å². The van der Waals surface area contributed by atoms with Gasteiger partial charge in [0.15, 0.2) is 0 Å². The molecule has 128 valence electrons. The highest BCUT2D eigenvalue weighted by Gasteiger charge is 2.39. The van der Waals surface area contributed by atoms with Crippen molar-refractivity contribution in [3.63, 3.8) is 0 Å². The molecule has 1 atom stereocenters. The van der Waals surface area contributed by atoms with Crippen molar-refractivity contribution in [3.8, 4) is 5.75 Å². The van der Waals surface area contributed by atoms with Crippen LogP contribution in [0.2, 0.25) is 0 Å². The maximum Gasteiger partial charge on any atom is 0.310 e. The van der Waals surface area contributed by atoms with E-state index >= 15 is 0 Å². The monoisotopic (exact) mass is 319 g/mol. The Morgan fingerprint density at radius 1 is 1.30 bits per heavy atom. The summed E-state index contributed by atoms with van der Waals surface area (Å²) in [5.41, 5.74) is 0.879. The second kappa shape index (κ2) is 6.91. The van der Waals surface area contributed by atoms with Crippen molar-refractivity contribution in [3.05, 3.63) is 29.8 Å². The number of carboxylic acids is 1. The minimum atomic E-state index is -0.685. The fourth-order valence-electron chi connectivity index (χ4n) is 2.95. The van der Waals surface area contributed by atoms with Crippen LogP contribution in [0.25, 0.3) is 0 Å². The smallest absolute Gasteiger partial charge is 0.310 e. The zero-order valence-electron chi connectivity index (χ0n) is 14.8. The van der Waals surface area contributed by atoms with Gasteiger partial charge in [-0.1, -0.05) is 32.9 Å². The van der Waals surface area contributed by atoms with E-state index in [1.54, 1.807) is 0 Å². The van der Waals surface area contributed by atoms with Crippen LogP contribution in [0.4, 0.5) is 0 Å². The fraction of sp³-hybridized carbons (Fsp3) is 0.632. The Balaban J connectivity index is 1.71. The summed E-state index contributed by atoms with van der Waals surface area (Å²) in [5.74, 6) is 0.213. The first-order chi connectivity index (χ1) is 10.7. The van der Waals surface area contributed by atoms with Gasteiger partial charge in [0, 0.05) is 13.1 Å². The van der Waals surface area contributed by atoms with Crippen LogP contribution in [-0.2, 0) is 10.2 Å². The second-order valence-electron chi connectivity index (χ2n) is 7.87. The number of hydrogen-bond donors (Lipinski definition) is 1. The number of nitrogens with zero attached hydrogens (tertiary/aromatic N) is 1. The Kier molecular flexibility index (Phi) is 5.35. The number of ether oxygens (including phenoxy) is 1. The summed E-state index contributed by atoms with van der Waals surface area (Å²) in [6.07, 6.45) is 1.65. The van der Waals surface area contributed by atoms with Gasteiger partial charge in [0.25, 0.3) is 0 Å². The molecular weight excluding hydrogens is 290 g/mol. The summed E-state index contributed by atoms with van der Waals surface area (Å²) in [5, 5.41) is 9.24. The Labute approximate surface area is 139 Å². The molecule has 1 aliphatic rings. The van der Waals surface area contributed by atoms with Gasteiger partial charge in [-0.25, -0.2) is 0 Å². The van der Waals surface area contributed by atoms with Gasteiger partial charge in [-0.3, -0.25) is 4.79 Å². The van der Waals surface area contributed by atoms with Crippen molar-refractivity contribution in [1.82, 2.24) is 4.90 Å². The summed E-state index contributed by atoms with van der Waals surface area (Å²) in [7, 11) is 0. The van der Waals surface area contributed by atoms with Crippen LogP contribution in [0.15, 0.2) is 24.3 Å². The average molecular weight is 319 g/mol. The number of hydrogen-bond acceptors (Lipinski definition) is 3. The maximum atomic E-state index is 11.2. The van der Waals surface area contributed by atoms with E-state index in [1.807, 2.05) is 19.1 Å². The quantitative estimate of drug-likeness (QED) is 0.815. The predicted molar refractivity (Wildman–Crippen MR) is 92.1 cm³/mol. The minimum absolute atomic E-state index is 0.158. The van der Waals surface area contributed by atoms with E-state index in [-0.39, 0.29) is 5.41 Å². The molecule has 1 aromatic carbocycles. The number of rotatable bonds is 6. The molecule has 23 heavy (non-hydrogen) atoms. The lowest BCUT2D eigenvalue weighted by molar-refractivity contribution is -0.147. The molecule has 0 aromatic heterocycles. The lowest BCUT2D eigenvalue weighted by Gasteiger charge is -2.20. The standard InChI is InChI=1S/C19H29NO3/c1-18(2,3)15-6-8-16(9-7-15)23-13-5-11-20-12-10-19(4,14-20)17(21)22/h6-9H,5,10-14H2,1-4H3,(H,21,22). The molecular formula is C19H29NO3. The molecule has 0 radical (unpaired) electrons. The Morgan fingerprint density at radius 3 is 2.48 bits per heavy atom. The van der Waals surface area contributed by atoms with Crippen molar-refractivity contribution in [2.24, 2.45) is 5.41 Å². The van der Waals surface area contributed by atoms with Crippen molar-refractivity contribution >= 4 is 5.97 Å². The number of carbonyl (C=O) groups is 1. The van der Waals surface area contributed by atoms with Crippen LogP contribution in [0.1, 0.15) is 46.1 Å². The van der Waals surface area contributed by atoms with E-state index in [0.717, 1.165) is 31.7 Å². The fourth-order valence-corrected chi connectivity index (χ4v) is 2.95. The highest BCUT2D eigenvalue weighted by molar-refractivity contribution is 5.74. The summed E-state index contributed by atoms with van der Waals surface area (Å²) in [6.45, 7) is 11.5. The number of aliphatic carboxylic acids is 1. The second-order valence-corrected chi connectivity index (χ2v) is 7.87. The van der Waals surface area contributed by atoms with Gasteiger partial charge in [0.1, 0.15) is 5.75 Å². The first-order valence-electron chi connectivity index (χ1n) is 8.40. The third kappa shape index (κ3) is 4.71. The molecule has 1 heterocycles. The molecule has 4 heteroatoms. The molecule has 1 N–H and O–H groups in total. The molecule has 1 unspecified atom stereocenters. The van der Waals surface area contributed by atoms with Gasteiger partial charge < -0.3 is 14.7 Å². The van der Waals surface area contributed by atoms with E-state index in [1.165, 1.54) is 5.56 Å². The van der Waals surface area contributed by atoms with Crippen molar-refractivity contribution < 1.29 is 14.6 Å². The SMILES string of the molecule is CC1(C(=O)O)CCN(CCCOc2ccc(C(C)(C)C)cc2)C1. The van der Waals surface area contributed by atoms with Gasteiger partial charge in [0.05, 0.1) is 12.0 Å². The molecule has 0 bridgehead atoms. The molecule has 1 aromatic rings. The van der Waals surface area contributed by atoms with Gasteiger partial charge in [-0.2, -0.15) is 0 Å². The Hall–Kier alpha value is -1.55. The molecule has 2 rings (SSSR count). The molecule has 0 aliphatic carbocycles. The summed E-state index contributed by atoms with van der Waals surface area (Å²) < 4.78 is 5.79. The van der Waals surface area contributed by atoms with Crippen molar-refractivity contribution in [2.45, 2.75) is 46.0 Å². The minimum Gasteiger partial charge on any atom is -0.494 e. The first kappa shape index (κ1) is 17.8. The zero-order valence-corrected chi connectivity index (χ0v) is 14.8. The van der Waals surface area contributed by atoms with Gasteiger partial charge in [-0.15, -0.1) is 0 Å². The van der Waals surface area contributed by atoms with Crippen molar-refractivity contribution in [1.29, 1.82) is 0 Å². The molecule has 1 fully saturated rings. The predicted octanol–water partition coefficient (Wildman–Crippen LogP) is 3.55. The van der Waals surface area contributed by atoms with Gasteiger partial charge >= 0.3 is 5.97 Å². The van der Waals surface area contributed by atoms with E-state index in [4.69, 9.17) is 4.74 Å². The first-order valence-corrected chi connectivity index (χ1v) is 8.40. The normalized spacial score (nSPS) is 22.3. The van der Waals surface area contributed by atoms with Crippen LogP contribution >= 0.6 is 0 Å². The van der Waals surface area contributed by atoms with E-state index in [2.05, 4.69) is 37.8 Å². The van der Waals surface area contributed by atoms with Gasteiger partial charge in [-0.05, 0) is 49.4 Å². The average Bonchev–Trinajstić information content (AvgIpc) is 2.86. The lowest BCUT2D eigenvalue weighted by atomic mass is 9.87. The number of benzene rings is 1. The van der Waals surface area contributed by atoms with Gasteiger partial charge in [0.2, 0.25) is 0 Å². The lowest BCUT2D eigenvalue weighted by Crippen LogP contribution is -2.32. The molecule has 0 saturated carbocycles. The van der Waals surface area contributed by atoms with E-state index < -0.39 is 11.4 Å². The Morgan fingerprint density at radius 2 is 1.96 bits per heavy atom. The third-order valence-corrected chi connectivity index (χ3v) is 4.68. The van der Waals surface area contributed by atoms with E-state index in [9.17, 15) is 9.90 Å². The molecule has 0 amide bonds.